The maximum atomic E-state index is 12.2. The van der Waals surface area contributed by atoms with Crippen LogP contribution in [0, 0.1) is 0 Å². The van der Waals surface area contributed by atoms with Crippen molar-refractivity contribution in [1.82, 2.24) is 4.31 Å². The number of halogens is 1. The second-order valence-corrected chi connectivity index (χ2v) is 8.41. The molecule has 0 unspecified atom stereocenters. The molecule has 2 aromatic carbocycles. The van der Waals surface area contributed by atoms with Gasteiger partial charge in [-0.05, 0) is 64.0 Å². The third kappa shape index (κ3) is 4.56. The fourth-order valence-electron chi connectivity index (χ4n) is 2.06. The maximum absolute atomic E-state index is 12.2. The van der Waals surface area contributed by atoms with E-state index in [-0.39, 0.29) is 10.7 Å². The predicted octanol–water partition coefficient (Wildman–Crippen LogP) is 3.60. The Balaban J connectivity index is 2.17. The van der Waals surface area contributed by atoms with Crippen molar-refractivity contribution in [3.8, 4) is 5.75 Å². The highest BCUT2D eigenvalue weighted by Gasteiger charge is 2.17. The zero-order chi connectivity index (χ0) is 18.6. The Labute approximate surface area is 156 Å². The van der Waals surface area contributed by atoms with Gasteiger partial charge in [0.15, 0.2) is 5.78 Å². The summed E-state index contributed by atoms with van der Waals surface area (Å²) in [4.78, 5) is 12.4. The van der Waals surface area contributed by atoms with E-state index in [1.165, 1.54) is 44.4 Å². The highest BCUT2D eigenvalue weighted by Crippen LogP contribution is 2.26. The second-order valence-electron chi connectivity index (χ2n) is 5.40. The normalized spacial score (nSPS) is 11.9. The Bertz CT molecular complexity index is 903. The average molecular weight is 424 g/mol. The summed E-state index contributed by atoms with van der Waals surface area (Å²) in [6, 6.07) is 11.4. The van der Waals surface area contributed by atoms with Crippen molar-refractivity contribution >= 4 is 37.8 Å². The lowest BCUT2D eigenvalue weighted by Crippen LogP contribution is -2.22. The summed E-state index contributed by atoms with van der Waals surface area (Å²) < 4.78 is 31.1. The number of ketones is 1. The SMILES string of the molecule is COc1ccc(/C=C/C(=O)c2ccc(S(=O)(=O)N(C)C)cc2)cc1Br. The molecule has 5 nitrogen and oxygen atoms in total. The Hall–Kier alpha value is -1.96. The molecule has 0 atom stereocenters. The summed E-state index contributed by atoms with van der Waals surface area (Å²) in [5.41, 5.74) is 1.26. The van der Waals surface area contributed by atoms with Crippen molar-refractivity contribution in [3.63, 3.8) is 0 Å². The van der Waals surface area contributed by atoms with Crippen LogP contribution in [0.4, 0.5) is 0 Å². The molecular weight excluding hydrogens is 406 g/mol. The largest absolute Gasteiger partial charge is 0.496 e. The molecule has 0 fully saturated rings. The van der Waals surface area contributed by atoms with Crippen molar-refractivity contribution < 1.29 is 17.9 Å². The number of methoxy groups -OCH3 is 1. The Kier molecular flexibility index (Phi) is 6.16. The molecule has 0 heterocycles. The lowest BCUT2D eigenvalue weighted by Gasteiger charge is -2.11. The van der Waals surface area contributed by atoms with Crippen LogP contribution in [0.15, 0.2) is 57.9 Å². The minimum absolute atomic E-state index is 0.150. The Morgan fingerprint density at radius 1 is 1.12 bits per heavy atom. The number of carbonyl (C=O) groups excluding carboxylic acids is 1. The molecular formula is C18H18BrNO4S. The van der Waals surface area contributed by atoms with Gasteiger partial charge in [0, 0.05) is 19.7 Å². The van der Waals surface area contributed by atoms with Crippen LogP contribution in [-0.2, 0) is 10.0 Å². The van der Waals surface area contributed by atoms with Gasteiger partial charge in [-0.15, -0.1) is 0 Å². The molecule has 25 heavy (non-hydrogen) atoms. The zero-order valence-corrected chi connectivity index (χ0v) is 16.5. The first-order valence-corrected chi connectivity index (χ1v) is 9.57. The molecule has 0 aliphatic heterocycles. The van der Waals surface area contributed by atoms with Crippen LogP contribution in [0.25, 0.3) is 6.08 Å². The molecule has 0 saturated heterocycles. The molecule has 0 aliphatic rings. The van der Waals surface area contributed by atoms with Gasteiger partial charge in [0.2, 0.25) is 10.0 Å². The molecule has 132 valence electrons. The van der Waals surface area contributed by atoms with Crippen LogP contribution in [0.1, 0.15) is 15.9 Å². The molecule has 0 saturated carbocycles. The molecule has 0 radical (unpaired) electrons. The van der Waals surface area contributed by atoms with E-state index in [1.807, 2.05) is 12.1 Å². The minimum Gasteiger partial charge on any atom is -0.496 e. The quantitative estimate of drug-likeness (QED) is 0.525. The molecule has 0 aromatic heterocycles. The smallest absolute Gasteiger partial charge is 0.242 e. The summed E-state index contributed by atoms with van der Waals surface area (Å²) in [6.07, 6.45) is 3.14. The van der Waals surface area contributed by atoms with E-state index in [4.69, 9.17) is 4.74 Å². The van der Waals surface area contributed by atoms with Gasteiger partial charge in [0.25, 0.3) is 0 Å². The number of rotatable bonds is 6. The van der Waals surface area contributed by atoms with Crippen molar-refractivity contribution in [2.24, 2.45) is 0 Å². The number of carbonyl (C=O) groups is 1. The molecule has 2 rings (SSSR count). The van der Waals surface area contributed by atoms with Gasteiger partial charge in [-0.25, -0.2) is 12.7 Å². The van der Waals surface area contributed by atoms with Gasteiger partial charge in [0.05, 0.1) is 16.5 Å². The van der Waals surface area contributed by atoms with Crippen molar-refractivity contribution in [1.29, 1.82) is 0 Å². The topological polar surface area (TPSA) is 63.7 Å². The van der Waals surface area contributed by atoms with Gasteiger partial charge in [-0.2, -0.15) is 0 Å². The number of hydrogen-bond donors (Lipinski definition) is 0. The number of ether oxygens (including phenoxy) is 1. The number of nitrogens with zero attached hydrogens (tertiary/aromatic N) is 1. The number of sulfonamides is 1. The Morgan fingerprint density at radius 3 is 2.28 bits per heavy atom. The first kappa shape index (κ1) is 19.4. The monoisotopic (exact) mass is 423 g/mol. The summed E-state index contributed by atoms with van der Waals surface area (Å²) in [5.74, 6) is 0.502. The fourth-order valence-corrected chi connectivity index (χ4v) is 3.52. The van der Waals surface area contributed by atoms with Crippen LogP contribution in [-0.4, -0.2) is 39.7 Å². The van der Waals surface area contributed by atoms with Gasteiger partial charge in [-0.1, -0.05) is 12.1 Å². The van der Waals surface area contributed by atoms with E-state index in [1.54, 1.807) is 19.3 Å². The van der Waals surface area contributed by atoms with Gasteiger partial charge in [0.1, 0.15) is 5.75 Å². The van der Waals surface area contributed by atoms with Crippen LogP contribution < -0.4 is 4.74 Å². The van der Waals surface area contributed by atoms with Crippen LogP contribution in [0.2, 0.25) is 0 Å². The third-order valence-electron chi connectivity index (χ3n) is 3.52. The highest BCUT2D eigenvalue weighted by atomic mass is 79.9. The van der Waals surface area contributed by atoms with E-state index in [9.17, 15) is 13.2 Å². The molecule has 0 aliphatic carbocycles. The fraction of sp³-hybridized carbons (Fsp3) is 0.167. The van der Waals surface area contributed by atoms with Crippen LogP contribution in [0.5, 0.6) is 5.75 Å². The summed E-state index contributed by atoms with van der Waals surface area (Å²) >= 11 is 3.39. The Morgan fingerprint density at radius 2 is 1.76 bits per heavy atom. The number of hydrogen-bond acceptors (Lipinski definition) is 4. The molecule has 2 aromatic rings. The summed E-state index contributed by atoms with van der Waals surface area (Å²) in [5, 5.41) is 0. The summed E-state index contributed by atoms with van der Waals surface area (Å²) in [7, 11) is 1.01. The van der Waals surface area contributed by atoms with E-state index < -0.39 is 10.0 Å². The number of benzene rings is 2. The van der Waals surface area contributed by atoms with Crippen LogP contribution >= 0.6 is 15.9 Å². The minimum atomic E-state index is -3.50. The molecule has 0 amide bonds. The summed E-state index contributed by atoms with van der Waals surface area (Å²) in [6.45, 7) is 0. The molecule has 7 heteroatoms. The van der Waals surface area contributed by atoms with E-state index >= 15 is 0 Å². The standard InChI is InChI=1S/C18H18BrNO4S/c1-20(2)25(22,23)15-8-6-14(7-9-15)17(21)10-4-13-5-11-18(24-3)16(19)12-13/h4-12H,1-3H3/b10-4+. The van der Waals surface area contributed by atoms with Crippen molar-refractivity contribution in [3.05, 3.63) is 64.1 Å². The first-order valence-electron chi connectivity index (χ1n) is 7.34. The zero-order valence-electron chi connectivity index (χ0n) is 14.1. The van der Waals surface area contributed by atoms with Crippen molar-refractivity contribution in [2.75, 3.05) is 21.2 Å². The van der Waals surface area contributed by atoms with E-state index in [2.05, 4.69) is 15.9 Å². The van der Waals surface area contributed by atoms with E-state index in [0.717, 1.165) is 14.3 Å². The lowest BCUT2D eigenvalue weighted by molar-refractivity contribution is 0.104. The molecule has 0 bridgehead atoms. The van der Waals surface area contributed by atoms with Gasteiger partial charge >= 0.3 is 0 Å². The first-order chi connectivity index (χ1) is 11.8. The second kappa shape index (κ2) is 7.95. The average Bonchev–Trinajstić information content (AvgIpc) is 2.59. The van der Waals surface area contributed by atoms with Gasteiger partial charge < -0.3 is 4.74 Å². The maximum Gasteiger partial charge on any atom is 0.242 e. The lowest BCUT2D eigenvalue weighted by atomic mass is 10.1. The molecule has 0 N–H and O–H groups in total. The number of allylic oxidation sites excluding steroid dienone is 1. The molecule has 0 spiro atoms. The van der Waals surface area contributed by atoms with Crippen molar-refractivity contribution in [2.45, 2.75) is 4.90 Å². The van der Waals surface area contributed by atoms with Crippen LogP contribution in [0.3, 0.4) is 0 Å². The third-order valence-corrected chi connectivity index (χ3v) is 5.97. The predicted molar refractivity (Wildman–Crippen MR) is 101 cm³/mol. The highest BCUT2D eigenvalue weighted by molar-refractivity contribution is 9.10. The van der Waals surface area contributed by atoms with E-state index in [0.29, 0.717) is 11.3 Å². The van der Waals surface area contributed by atoms with Gasteiger partial charge in [-0.3, -0.25) is 4.79 Å².